The highest BCUT2D eigenvalue weighted by molar-refractivity contribution is 7.90. The SMILES string of the molecule is CCCCN(C)S(=O)(=O)Nc1cc(N)ccc1F. The monoisotopic (exact) mass is 275 g/mol. The van der Waals surface area contributed by atoms with Crippen LogP contribution in [-0.2, 0) is 10.2 Å². The van der Waals surface area contributed by atoms with Crippen LogP contribution in [0.1, 0.15) is 19.8 Å². The zero-order chi connectivity index (χ0) is 13.8. The van der Waals surface area contributed by atoms with Crippen LogP contribution in [0, 0.1) is 5.82 Å². The molecule has 0 spiro atoms. The van der Waals surface area contributed by atoms with E-state index in [1.807, 2.05) is 6.92 Å². The number of benzene rings is 1. The van der Waals surface area contributed by atoms with Crippen molar-refractivity contribution in [2.75, 3.05) is 24.0 Å². The lowest BCUT2D eigenvalue weighted by Crippen LogP contribution is -2.33. The molecule has 1 aromatic carbocycles. The second-order valence-electron chi connectivity index (χ2n) is 4.02. The van der Waals surface area contributed by atoms with Crippen LogP contribution in [0.25, 0.3) is 0 Å². The molecule has 102 valence electrons. The van der Waals surface area contributed by atoms with Crippen molar-refractivity contribution in [2.45, 2.75) is 19.8 Å². The summed E-state index contributed by atoms with van der Waals surface area (Å²) in [4.78, 5) is 0. The van der Waals surface area contributed by atoms with Gasteiger partial charge in [0.25, 0.3) is 0 Å². The largest absolute Gasteiger partial charge is 0.399 e. The minimum Gasteiger partial charge on any atom is -0.399 e. The van der Waals surface area contributed by atoms with Gasteiger partial charge in [-0.05, 0) is 24.6 Å². The van der Waals surface area contributed by atoms with E-state index in [-0.39, 0.29) is 5.69 Å². The molecular weight excluding hydrogens is 257 g/mol. The molecule has 1 rings (SSSR count). The Kier molecular flexibility index (Phi) is 4.92. The molecule has 0 fully saturated rings. The Morgan fingerprint density at radius 1 is 1.44 bits per heavy atom. The fraction of sp³-hybridized carbons (Fsp3) is 0.455. The van der Waals surface area contributed by atoms with E-state index in [4.69, 9.17) is 5.73 Å². The smallest absolute Gasteiger partial charge is 0.301 e. The summed E-state index contributed by atoms with van der Waals surface area (Å²) in [7, 11) is -2.29. The van der Waals surface area contributed by atoms with Crippen molar-refractivity contribution < 1.29 is 12.8 Å². The molecule has 0 bridgehead atoms. The number of nitrogens with zero attached hydrogens (tertiary/aromatic N) is 1. The summed E-state index contributed by atoms with van der Waals surface area (Å²) < 4.78 is 40.5. The van der Waals surface area contributed by atoms with E-state index in [9.17, 15) is 12.8 Å². The number of nitrogen functional groups attached to an aromatic ring is 1. The first-order valence-electron chi connectivity index (χ1n) is 5.66. The third kappa shape index (κ3) is 3.85. The van der Waals surface area contributed by atoms with Crippen molar-refractivity contribution in [3.05, 3.63) is 24.0 Å². The lowest BCUT2D eigenvalue weighted by atomic mass is 10.3. The van der Waals surface area contributed by atoms with Crippen LogP contribution in [0.5, 0.6) is 0 Å². The van der Waals surface area contributed by atoms with Gasteiger partial charge in [0.15, 0.2) is 0 Å². The Balaban J connectivity index is 2.85. The maximum Gasteiger partial charge on any atom is 0.301 e. The third-order valence-corrected chi connectivity index (χ3v) is 3.95. The summed E-state index contributed by atoms with van der Waals surface area (Å²) in [5.41, 5.74) is 5.64. The third-order valence-electron chi connectivity index (χ3n) is 2.47. The maximum atomic E-state index is 13.4. The second-order valence-corrected chi connectivity index (χ2v) is 5.80. The molecular formula is C11H18FN3O2S. The molecule has 0 unspecified atom stereocenters. The van der Waals surface area contributed by atoms with Crippen LogP contribution in [0.4, 0.5) is 15.8 Å². The van der Waals surface area contributed by atoms with Crippen molar-refractivity contribution >= 4 is 21.6 Å². The first kappa shape index (κ1) is 14.7. The summed E-state index contributed by atoms with van der Waals surface area (Å²) in [5, 5.41) is 0. The molecule has 0 heterocycles. The zero-order valence-corrected chi connectivity index (χ0v) is 11.3. The molecule has 0 radical (unpaired) electrons. The normalized spacial score (nSPS) is 11.8. The Morgan fingerprint density at radius 3 is 2.72 bits per heavy atom. The number of nitrogens with two attached hydrogens (primary N) is 1. The molecule has 1 aromatic rings. The molecule has 0 atom stereocenters. The molecule has 0 amide bonds. The Labute approximate surface area is 107 Å². The number of anilines is 2. The number of unbranched alkanes of at least 4 members (excludes halogenated alkanes) is 1. The quantitative estimate of drug-likeness (QED) is 0.777. The van der Waals surface area contributed by atoms with Gasteiger partial charge in [-0.25, -0.2) is 4.39 Å². The predicted molar refractivity (Wildman–Crippen MR) is 70.9 cm³/mol. The average molecular weight is 275 g/mol. The fourth-order valence-electron chi connectivity index (χ4n) is 1.34. The molecule has 5 nitrogen and oxygen atoms in total. The summed E-state index contributed by atoms with van der Waals surface area (Å²) >= 11 is 0. The van der Waals surface area contributed by atoms with Gasteiger partial charge in [0.05, 0.1) is 5.69 Å². The number of rotatable bonds is 6. The van der Waals surface area contributed by atoms with E-state index in [1.54, 1.807) is 0 Å². The van der Waals surface area contributed by atoms with E-state index in [2.05, 4.69) is 4.72 Å². The number of hydrogen-bond donors (Lipinski definition) is 2. The van der Waals surface area contributed by atoms with Gasteiger partial charge in [-0.3, -0.25) is 4.72 Å². The van der Waals surface area contributed by atoms with Crippen molar-refractivity contribution in [1.29, 1.82) is 0 Å². The molecule has 0 saturated heterocycles. The van der Waals surface area contributed by atoms with Crippen molar-refractivity contribution in [3.8, 4) is 0 Å². The second kappa shape index (κ2) is 6.01. The fourth-order valence-corrected chi connectivity index (χ4v) is 2.30. The predicted octanol–water partition coefficient (Wildman–Crippen LogP) is 1.80. The molecule has 7 heteroatoms. The molecule has 0 aliphatic heterocycles. The van der Waals surface area contributed by atoms with E-state index in [1.165, 1.54) is 19.2 Å². The van der Waals surface area contributed by atoms with Gasteiger partial charge < -0.3 is 5.73 Å². The molecule has 0 aromatic heterocycles. The van der Waals surface area contributed by atoms with Crippen molar-refractivity contribution in [3.63, 3.8) is 0 Å². The summed E-state index contributed by atoms with van der Waals surface area (Å²) in [5.74, 6) is -0.656. The zero-order valence-electron chi connectivity index (χ0n) is 10.5. The lowest BCUT2D eigenvalue weighted by molar-refractivity contribution is 0.463. The Hall–Kier alpha value is -1.34. The van der Waals surface area contributed by atoms with Gasteiger partial charge >= 0.3 is 10.2 Å². The van der Waals surface area contributed by atoms with E-state index < -0.39 is 16.0 Å². The minimum atomic E-state index is -3.74. The van der Waals surface area contributed by atoms with Crippen LogP contribution in [0.15, 0.2) is 18.2 Å². The highest BCUT2D eigenvalue weighted by atomic mass is 32.2. The van der Waals surface area contributed by atoms with Gasteiger partial charge in [-0.1, -0.05) is 13.3 Å². The van der Waals surface area contributed by atoms with Crippen LogP contribution in [0.2, 0.25) is 0 Å². The first-order valence-corrected chi connectivity index (χ1v) is 7.10. The van der Waals surface area contributed by atoms with Crippen LogP contribution in [-0.4, -0.2) is 26.3 Å². The maximum absolute atomic E-state index is 13.4. The molecule has 3 N–H and O–H groups in total. The number of nitrogens with one attached hydrogen (secondary N) is 1. The van der Waals surface area contributed by atoms with Gasteiger partial charge in [-0.15, -0.1) is 0 Å². The molecule has 18 heavy (non-hydrogen) atoms. The first-order chi connectivity index (χ1) is 8.36. The molecule has 0 aliphatic carbocycles. The van der Waals surface area contributed by atoms with E-state index in [0.29, 0.717) is 12.2 Å². The minimum absolute atomic E-state index is 0.140. The topological polar surface area (TPSA) is 75.4 Å². The molecule has 0 aliphatic rings. The van der Waals surface area contributed by atoms with E-state index >= 15 is 0 Å². The summed E-state index contributed by atoms with van der Waals surface area (Å²) in [6.07, 6.45) is 1.63. The van der Waals surface area contributed by atoms with Crippen molar-refractivity contribution in [1.82, 2.24) is 4.31 Å². The molecule has 0 saturated carbocycles. The standard InChI is InChI=1S/C11H18FN3O2S/c1-3-4-7-15(2)18(16,17)14-11-8-9(13)5-6-10(11)12/h5-6,8,14H,3-4,7,13H2,1-2H3. The lowest BCUT2D eigenvalue weighted by Gasteiger charge is -2.18. The van der Waals surface area contributed by atoms with Gasteiger partial charge in [0.1, 0.15) is 5.82 Å². The Bertz CT molecular complexity index is 505. The number of hydrogen-bond acceptors (Lipinski definition) is 3. The van der Waals surface area contributed by atoms with Crippen LogP contribution < -0.4 is 10.5 Å². The van der Waals surface area contributed by atoms with Gasteiger partial charge in [0, 0.05) is 19.3 Å². The van der Waals surface area contributed by atoms with Crippen molar-refractivity contribution in [2.24, 2.45) is 0 Å². The van der Waals surface area contributed by atoms with Gasteiger partial charge in [0.2, 0.25) is 0 Å². The number of halogens is 1. The summed E-state index contributed by atoms with van der Waals surface area (Å²) in [6, 6.07) is 3.74. The average Bonchev–Trinajstić information content (AvgIpc) is 2.30. The van der Waals surface area contributed by atoms with Crippen LogP contribution >= 0.6 is 0 Å². The summed E-state index contributed by atoms with van der Waals surface area (Å²) in [6.45, 7) is 2.35. The highest BCUT2D eigenvalue weighted by Crippen LogP contribution is 2.19. The van der Waals surface area contributed by atoms with E-state index in [0.717, 1.165) is 23.2 Å². The van der Waals surface area contributed by atoms with Gasteiger partial charge in [-0.2, -0.15) is 12.7 Å². The highest BCUT2D eigenvalue weighted by Gasteiger charge is 2.18. The van der Waals surface area contributed by atoms with Crippen LogP contribution in [0.3, 0.4) is 0 Å². The Morgan fingerprint density at radius 2 is 2.11 bits per heavy atom.